The average molecular weight is 322 g/mol. The fourth-order valence-electron chi connectivity index (χ4n) is 1.78. The van der Waals surface area contributed by atoms with E-state index < -0.39 is 0 Å². The summed E-state index contributed by atoms with van der Waals surface area (Å²) in [5.41, 5.74) is 8.51. The van der Waals surface area contributed by atoms with Gasteiger partial charge in [-0.3, -0.25) is 0 Å². The fraction of sp³-hybridized carbons (Fsp3) is 0.200. The van der Waals surface area contributed by atoms with Gasteiger partial charge in [-0.05, 0) is 23.3 Å². The maximum absolute atomic E-state index is 5.88. The molecule has 0 saturated carbocycles. The van der Waals surface area contributed by atoms with Gasteiger partial charge in [0.15, 0.2) is 0 Å². The van der Waals surface area contributed by atoms with E-state index in [9.17, 15) is 0 Å². The van der Waals surface area contributed by atoms with Gasteiger partial charge in [-0.1, -0.05) is 58.4 Å². The topological polar surface area (TPSA) is 26.0 Å². The van der Waals surface area contributed by atoms with E-state index in [2.05, 4.69) is 58.4 Å². The second-order valence-corrected chi connectivity index (χ2v) is 6.18. The highest BCUT2D eigenvalue weighted by atomic mass is 79.9. The molecule has 0 aliphatic heterocycles. The van der Waals surface area contributed by atoms with Gasteiger partial charge in [0, 0.05) is 22.0 Å². The van der Waals surface area contributed by atoms with E-state index in [1.54, 1.807) is 0 Å². The van der Waals surface area contributed by atoms with Crippen LogP contribution in [-0.2, 0) is 5.75 Å². The Morgan fingerprint density at radius 3 is 2.50 bits per heavy atom. The quantitative estimate of drug-likeness (QED) is 0.884. The second kappa shape index (κ2) is 6.98. The lowest BCUT2D eigenvalue weighted by atomic mass is 10.1. The summed E-state index contributed by atoms with van der Waals surface area (Å²) in [5.74, 6) is 0.995. The van der Waals surface area contributed by atoms with E-state index >= 15 is 0 Å². The smallest absolute Gasteiger partial charge is 0.0423 e. The van der Waals surface area contributed by atoms with Crippen LogP contribution in [-0.4, -0.2) is 6.54 Å². The van der Waals surface area contributed by atoms with E-state index in [4.69, 9.17) is 5.73 Å². The molecule has 0 fully saturated rings. The Kier molecular flexibility index (Phi) is 5.29. The van der Waals surface area contributed by atoms with E-state index in [1.807, 2.05) is 23.9 Å². The largest absolute Gasteiger partial charge is 0.329 e. The Morgan fingerprint density at radius 1 is 1.06 bits per heavy atom. The molecule has 0 radical (unpaired) electrons. The van der Waals surface area contributed by atoms with Crippen LogP contribution in [0, 0.1) is 0 Å². The standard InChI is InChI=1S/C15H16BrNS/c16-14-8-4-7-13(9-14)15(10-17)18-11-12-5-2-1-3-6-12/h1-9,15H,10-11,17H2. The molecule has 2 aromatic rings. The summed E-state index contributed by atoms with van der Waals surface area (Å²) in [5, 5.41) is 0.350. The highest BCUT2D eigenvalue weighted by Crippen LogP contribution is 2.31. The van der Waals surface area contributed by atoms with Crippen molar-refractivity contribution in [2.24, 2.45) is 5.73 Å². The summed E-state index contributed by atoms with van der Waals surface area (Å²) >= 11 is 5.40. The summed E-state index contributed by atoms with van der Waals surface area (Å²) in [6.45, 7) is 0.661. The zero-order valence-corrected chi connectivity index (χ0v) is 12.5. The number of rotatable bonds is 5. The van der Waals surface area contributed by atoms with Crippen molar-refractivity contribution in [2.45, 2.75) is 11.0 Å². The normalized spacial score (nSPS) is 12.3. The molecule has 0 amide bonds. The summed E-state index contributed by atoms with van der Waals surface area (Å²) in [7, 11) is 0. The molecule has 0 aliphatic carbocycles. The van der Waals surface area contributed by atoms with Gasteiger partial charge < -0.3 is 5.73 Å². The van der Waals surface area contributed by atoms with Gasteiger partial charge in [0.25, 0.3) is 0 Å². The van der Waals surface area contributed by atoms with Gasteiger partial charge >= 0.3 is 0 Å². The molecular formula is C15H16BrNS. The monoisotopic (exact) mass is 321 g/mol. The molecule has 0 aliphatic rings. The first-order valence-corrected chi connectivity index (χ1v) is 7.75. The highest BCUT2D eigenvalue weighted by Gasteiger charge is 2.10. The summed E-state index contributed by atoms with van der Waals surface area (Å²) < 4.78 is 1.11. The molecule has 18 heavy (non-hydrogen) atoms. The van der Waals surface area contributed by atoms with Crippen LogP contribution in [0.1, 0.15) is 16.4 Å². The first-order valence-electron chi connectivity index (χ1n) is 5.90. The van der Waals surface area contributed by atoms with Gasteiger partial charge in [-0.2, -0.15) is 0 Å². The Hall–Kier alpha value is -0.770. The van der Waals surface area contributed by atoms with E-state index in [1.165, 1.54) is 11.1 Å². The maximum Gasteiger partial charge on any atom is 0.0423 e. The summed E-state index contributed by atoms with van der Waals surface area (Å²) in [6, 6.07) is 18.9. The van der Waals surface area contributed by atoms with Crippen LogP contribution in [0.15, 0.2) is 59.1 Å². The SMILES string of the molecule is NCC(SCc1ccccc1)c1cccc(Br)c1. The highest BCUT2D eigenvalue weighted by molar-refractivity contribution is 9.10. The third-order valence-corrected chi connectivity index (χ3v) is 4.59. The zero-order chi connectivity index (χ0) is 12.8. The van der Waals surface area contributed by atoms with Crippen LogP contribution < -0.4 is 5.73 Å². The van der Waals surface area contributed by atoms with E-state index in [0.717, 1.165) is 10.2 Å². The predicted octanol–water partition coefficient (Wildman–Crippen LogP) is 4.38. The Labute approximate surface area is 121 Å². The molecule has 0 bridgehead atoms. The number of hydrogen-bond acceptors (Lipinski definition) is 2. The molecule has 0 heterocycles. The van der Waals surface area contributed by atoms with Crippen molar-refractivity contribution < 1.29 is 0 Å². The maximum atomic E-state index is 5.88. The van der Waals surface area contributed by atoms with Gasteiger partial charge in [-0.25, -0.2) is 0 Å². The third kappa shape index (κ3) is 3.87. The second-order valence-electron chi connectivity index (χ2n) is 4.08. The molecule has 2 rings (SSSR count). The Morgan fingerprint density at radius 2 is 1.83 bits per heavy atom. The van der Waals surface area contributed by atoms with Gasteiger partial charge in [0.2, 0.25) is 0 Å². The van der Waals surface area contributed by atoms with E-state index in [-0.39, 0.29) is 0 Å². The number of halogens is 1. The van der Waals surface area contributed by atoms with Gasteiger partial charge in [0.05, 0.1) is 0 Å². The van der Waals surface area contributed by atoms with Crippen molar-refractivity contribution in [1.82, 2.24) is 0 Å². The molecular weight excluding hydrogens is 306 g/mol. The number of hydrogen-bond donors (Lipinski definition) is 1. The van der Waals surface area contributed by atoms with Crippen molar-refractivity contribution in [3.8, 4) is 0 Å². The van der Waals surface area contributed by atoms with Crippen molar-refractivity contribution in [3.63, 3.8) is 0 Å². The van der Waals surface area contributed by atoms with Crippen LogP contribution in [0.5, 0.6) is 0 Å². The Bertz CT molecular complexity index is 487. The van der Waals surface area contributed by atoms with Crippen molar-refractivity contribution in [1.29, 1.82) is 0 Å². The molecule has 0 saturated heterocycles. The number of nitrogens with two attached hydrogens (primary N) is 1. The minimum absolute atomic E-state index is 0.350. The molecule has 0 aromatic heterocycles. The molecule has 3 heteroatoms. The van der Waals surface area contributed by atoms with Crippen LogP contribution in [0.25, 0.3) is 0 Å². The minimum atomic E-state index is 0.350. The van der Waals surface area contributed by atoms with Crippen molar-refractivity contribution in [3.05, 3.63) is 70.2 Å². The predicted molar refractivity (Wildman–Crippen MR) is 83.7 cm³/mol. The minimum Gasteiger partial charge on any atom is -0.329 e. The first-order chi connectivity index (χ1) is 8.79. The molecule has 94 valence electrons. The molecule has 1 atom stereocenters. The molecule has 0 spiro atoms. The molecule has 1 unspecified atom stereocenters. The Balaban J connectivity index is 2.02. The van der Waals surface area contributed by atoms with Crippen LogP contribution in [0.4, 0.5) is 0 Å². The lowest BCUT2D eigenvalue weighted by Crippen LogP contribution is -2.09. The molecule has 2 aromatic carbocycles. The van der Waals surface area contributed by atoms with Crippen molar-refractivity contribution in [2.75, 3.05) is 6.54 Å². The van der Waals surface area contributed by atoms with Gasteiger partial charge in [0.1, 0.15) is 0 Å². The van der Waals surface area contributed by atoms with Gasteiger partial charge in [-0.15, -0.1) is 11.8 Å². The van der Waals surface area contributed by atoms with Crippen LogP contribution in [0.2, 0.25) is 0 Å². The fourth-order valence-corrected chi connectivity index (χ4v) is 3.26. The van der Waals surface area contributed by atoms with Crippen molar-refractivity contribution >= 4 is 27.7 Å². The molecule has 2 N–H and O–H groups in total. The van der Waals surface area contributed by atoms with Crippen LogP contribution in [0.3, 0.4) is 0 Å². The zero-order valence-electron chi connectivity index (χ0n) is 10.1. The third-order valence-electron chi connectivity index (χ3n) is 2.73. The lowest BCUT2D eigenvalue weighted by Gasteiger charge is -2.15. The summed E-state index contributed by atoms with van der Waals surface area (Å²) in [4.78, 5) is 0. The lowest BCUT2D eigenvalue weighted by molar-refractivity contribution is 0.939. The van der Waals surface area contributed by atoms with Crippen LogP contribution >= 0.6 is 27.7 Å². The number of thioether (sulfide) groups is 1. The van der Waals surface area contributed by atoms with E-state index in [0.29, 0.717) is 11.8 Å². The number of benzene rings is 2. The summed E-state index contributed by atoms with van der Waals surface area (Å²) in [6.07, 6.45) is 0. The first kappa shape index (κ1) is 13.7. The average Bonchev–Trinajstić information content (AvgIpc) is 2.41. The molecule has 1 nitrogen and oxygen atoms in total.